The van der Waals surface area contributed by atoms with Crippen LogP contribution in [-0.4, -0.2) is 24.0 Å². The van der Waals surface area contributed by atoms with Crippen LogP contribution in [0.25, 0.3) is 0 Å². The van der Waals surface area contributed by atoms with Crippen LogP contribution >= 0.6 is 0 Å². The number of anilines is 2. The SMILES string of the molecule is O=c1c(Nc2cc(C(F)(F)F)cc(C(F)(F)F)c2)c([C@@H]2CCCC[C@H]2N2CCCCC2)c1=O. The summed E-state index contributed by atoms with van der Waals surface area (Å²) in [6.45, 7) is 1.75. The van der Waals surface area contributed by atoms with E-state index in [1.54, 1.807) is 0 Å². The number of hydrogen-bond donors (Lipinski definition) is 1. The maximum absolute atomic E-state index is 13.2. The summed E-state index contributed by atoms with van der Waals surface area (Å²) >= 11 is 0. The summed E-state index contributed by atoms with van der Waals surface area (Å²) < 4.78 is 79.2. The number of piperidine rings is 1. The molecule has 2 atom stereocenters. The summed E-state index contributed by atoms with van der Waals surface area (Å²) in [4.78, 5) is 27.2. The van der Waals surface area contributed by atoms with Gasteiger partial charge in [0.05, 0.1) is 16.8 Å². The highest BCUT2D eigenvalue weighted by Gasteiger charge is 2.39. The minimum atomic E-state index is -5.00. The molecule has 180 valence electrons. The van der Waals surface area contributed by atoms with Crippen molar-refractivity contribution >= 4 is 11.4 Å². The van der Waals surface area contributed by atoms with E-state index in [0.29, 0.717) is 18.6 Å². The zero-order valence-electron chi connectivity index (χ0n) is 17.8. The highest BCUT2D eigenvalue weighted by Crippen LogP contribution is 2.41. The summed E-state index contributed by atoms with van der Waals surface area (Å²) in [5.74, 6) is -0.266. The molecule has 0 bridgehead atoms. The third-order valence-electron chi connectivity index (χ3n) is 6.76. The molecule has 2 fully saturated rings. The standard InChI is InChI=1S/C23H24F6N2O2/c24-22(25,26)13-10-14(23(27,28)29)12-15(11-13)30-19-18(20(32)21(19)33)16-6-2-3-7-17(16)31-8-4-1-5-9-31/h10-12,16-17,30H,1-9H2/t16-,17-/m1/s1. The number of nitrogens with one attached hydrogen (secondary N) is 1. The number of halogens is 6. The van der Waals surface area contributed by atoms with Gasteiger partial charge in [-0.25, -0.2) is 0 Å². The van der Waals surface area contributed by atoms with E-state index in [-0.39, 0.29) is 29.3 Å². The molecule has 1 N–H and O–H groups in total. The van der Waals surface area contributed by atoms with Crippen LogP contribution in [0.5, 0.6) is 0 Å². The molecule has 1 heterocycles. The first-order valence-electron chi connectivity index (χ1n) is 11.1. The van der Waals surface area contributed by atoms with E-state index in [1.807, 2.05) is 0 Å². The Bertz CT molecular complexity index is 1050. The molecule has 4 rings (SSSR count). The van der Waals surface area contributed by atoms with Crippen LogP contribution in [0.2, 0.25) is 0 Å². The number of nitrogens with zero attached hydrogens (tertiary/aromatic N) is 1. The average Bonchev–Trinajstić information content (AvgIpc) is 2.78. The van der Waals surface area contributed by atoms with E-state index in [4.69, 9.17) is 0 Å². The van der Waals surface area contributed by atoms with Crippen molar-refractivity contribution in [3.63, 3.8) is 0 Å². The van der Waals surface area contributed by atoms with Crippen molar-refractivity contribution in [2.75, 3.05) is 18.4 Å². The third-order valence-corrected chi connectivity index (χ3v) is 6.76. The minimum absolute atomic E-state index is 0.0295. The Hall–Kier alpha value is -2.36. The second-order valence-electron chi connectivity index (χ2n) is 8.92. The van der Waals surface area contributed by atoms with Crippen molar-refractivity contribution < 1.29 is 26.3 Å². The maximum atomic E-state index is 13.2. The number of hydrogen-bond acceptors (Lipinski definition) is 4. The van der Waals surface area contributed by atoms with Crippen LogP contribution < -0.4 is 16.2 Å². The van der Waals surface area contributed by atoms with E-state index in [2.05, 4.69) is 10.2 Å². The first kappa shape index (κ1) is 23.8. The van der Waals surface area contributed by atoms with Crippen molar-refractivity contribution in [3.8, 4) is 0 Å². The molecule has 0 amide bonds. The number of alkyl halides is 6. The van der Waals surface area contributed by atoms with Crippen molar-refractivity contribution in [2.24, 2.45) is 0 Å². The molecule has 1 saturated heterocycles. The lowest BCUT2D eigenvalue weighted by molar-refractivity contribution is -0.143. The van der Waals surface area contributed by atoms with Crippen LogP contribution in [0.4, 0.5) is 37.7 Å². The highest BCUT2D eigenvalue weighted by molar-refractivity contribution is 5.68. The fourth-order valence-electron chi connectivity index (χ4n) is 5.19. The lowest BCUT2D eigenvalue weighted by Crippen LogP contribution is -2.49. The van der Waals surface area contributed by atoms with Crippen molar-refractivity contribution in [2.45, 2.75) is 69.3 Å². The van der Waals surface area contributed by atoms with E-state index in [1.165, 1.54) is 0 Å². The van der Waals surface area contributed by atoms with E-state index >= 15 is 0 Å². The molecule has 4 nitrogen and oxygen atoms in total. The molecule has 1 aliphatic carbocycles. The molecule has 33 heavy (non-hydrogen) atoms. The zero-order valence-corrected chi connectivity index (χ0v) is 17.8. The molecule has 0 unspecified atom stereocenters. The Labute approximate surface area is 186 Å². The number of rotatable bonds is 4. The van der Waals surface area contributed by atoms with Gasteiger partial charge in [0.2, 0.25) is 10.9 Å². The second kappa shape index (κ2) is 8.77. The van der Waals surface area contributed by atoms with Gasteiger partial charge in [-0.3, -0.25) is 14.5 Å². The summed E-state index contributed by atoms with van der Waals surface area (Å²) in [6, 6.07) is 1.12. The van der Waals surface area contributed by atoms with Gasteiger partial charge in [0.15, 0.2) is 0 Å². The Kier molecular flexibility index (Phi) is 6.32. The Balaban J connectivity index is 1.69. The molecular weight excluding hydrogens is 450 g/mol. The normalized spacial score (nSPS) is 23.1. The van der Waals surface area contributed by atoms with Gasteiger partial charge in [-0.1, -0.05) is 19.3 Å². The van der Waals surface area contributed by atoms with Crippen molar-refractivity contribution in [1.29, 1.82) is 0 Å². The molecule has 0 radical (unpaired) electrons. The fourth-order valence-corrected chi connectivity index (χ4v) is 5.19. The minimum Gasteiger partial charge on any atom is -0.352 e. The molecule has 2 aromatic rings. The molecule has 1 aliphatic heterocycles. The van der Waals surface area contributed by atoms with Gasteiger partial charge < -0.3 is 5.32 Å². The van der Waals surface area contributed by atoms with Gasteiger partial charge >= 0.3 is 12.4 Å². The number of likely N-dealkylation sites (tertiary alicyclic amines) is 1. The fraction of sp³-hybridized carbons (Fsp3) is 0.565. The first-order chi connectivity index (χ1) is 15.5. The van der Waals surface area contributed by atoms with Gasteiger partial charge in [0.1, 0.15) is 0 Å². The Morgan fingerprint density at radius 2 is 1.33 bits per heavy atom. The summed E-state index contributed by atoms with van der Waals surface area (Å²) in [6.07, 6.45) is -3.52. The topological polar surface area (TPSA) is 49.4 Å². The maximum Gasteiger partial charge on any atom is 0.416 e. The molecule has 1 saturated carbocycles. The van der Waals surface area contributed by atoms with Crippen LogP contribution in [0.15, 0.2) is 27.8 Å². The van der Waals surface area contributed by atoms with Crippen molar-refractivity contribution in [3.05, 3.63) is 55.3 Å². The number of benzene rings is 1. The quantitative estimate of drug-likeness (QED) is 0.465. The first-order valence-corrected chi connectivity index (χ1v) is 11.1. The Morgan fingerprint density at radius 3 is 1.91 bits per heavy atom. The summed E-state index contributed by atoms with van der Waals surface area (Å²) in [5.41, 5.74) is -5.06. The molecule has 10 heteroatoms. The Morgan fingerprint density at radius 1 is 0.758 bits per heavy atom. The van der Waals surface area contributed by atoms with Crippen LogP contribution in [0, 0.1) is 0 Å². The van der Waals surface area contributed by atoms with Crippen LogP contribution in [0.1, 0.15) is 67.6 Å². The van der Waals surface area contributed by atoms with Crippen molar-refractivity contribution in [1.82, 2.24) is 4.90 Å². The summed E-state index contributed by atoms with van der Waals surface area (Å²) in [7, 11) is 0. The predicted octanol–water partition coefficient (Wildman–Crippen LogP) is 5.58. The lowest BCUT2D eigenvalue weighted by atomic mass is 9.76. The van der Waals surface area contributed by atoms with Gasteiger partial charge in [0.25, 0.3) is 0 Å². The smallest absolute Gasteiger partial charge is 0.352 e. The van der Waals surface area contributed by atoms with E-state index in [0.717, 1.165) is 51.6 Å². The van der Waals surface area contributed by atoms with Gasteiger partial charge in [-0.05, 0) is 57.0 Å². The lowest BCUT2D eigenvalue weighted by Gasteiger charge is -2.42. The average molecular weight is 474 g/mol. The van der Waals surface area contributed by atoms with Crippen LogP contribution in [0.3, 0.4) is 0 Å². The largest absolute Gasteiger partial charge is 0.416 e. The van der Waals surface area contributed by atoms with Gasteiger partial charge in [-0.15, -0.1) is 0 Å². The molecule has 2 aromatic carbocycles. The molecule has 0 aromatic heterocycles. The zero-order chi connectivity index (χ0) is 24.0. The van der Waals surface area contributed by atoms with E-state index in [9.17, 15) is 35.9 Å². The highest BCUT2D eigenvalue weighted by atomic mass is 19.4. The molecule has 2 aliphatic rings. The summed E-state index contributed by atoms with van der Waals surface area (Å²) in [5, 5.41) is 2.45. The van der Waals surface area contributed by atoms with Gasteiger partial charge in [0, 0.05) is 23.2 Å². The van der Waals surface area contributed by atoms with E-state index < -0.39 is 40.0 Å². The monoisotopic (exact) mass is 474 g/mol. The predicted molar refractivity (Wildman–Crippen MR) is 112 cm³/mol. The second-order valence-corrected chi connectivity index (χ2v) is 8.92. The van der Waals surface area contributed by atoms with Gasteiger partial charge in [-0.2, -0.15) is 26.3 Å². The molecule has 0 spiro atoms. The molecular formula is C23H24F6N2O2. The third kappa shape index (κ3) is 4.81. The van der Waals surface area contributed by atoms with Crippen LogP contribution in [-0.2, 0) is 12.4 Å².